The van der Waals surface area contributed by atoms with Gasteiger partial charge in [0.1, 0.15) is 0 Å². The fraction of sp³-hybridized carbons (Fsp3) is 1.00. The molecule has 88 valence electrons. The molecule has 2 aliphatic rings. The predicted molar refractivity (Wildman–Crippen MR) is 62.9 cm³/mol. The van der Waals surface area contributed by atoms with Crippen LogP contribution in [0.25, 0.3) is 0 Å². The van der Waals surface area contributed by atoms with Crippen LogP contribution in [0.1, 0.15) is 64.2 Å². The van der Waals surface area contributed by atoms with Crippen LogP contribution in [0.4, 0.5) is 0 Å². The Bertz CT molecular complexity index is 181. The van der Waals surface area contributed by atoms with Crippen LogP contribution in [0.5, 0.6) is 0 Å². The van der Waals surface area contributed by atoms with Crippen LogP contribution in [0.2, 0.25) is 0 Å². The van der Waals surface area contributed by atoms with E-state index in [0.29, 0.717) is 6.04 Å². The molecule has 0 bridgehead atoms. The van der Waals surface area contributed by atoms with Gasteiger partial charge in [-0.05, 0) is 45.1 Å². The second-order valence-electron chi connectivity index (χ2n) is 5.47. The van der Waals surface area contributed by atoms with Crippen LogP contribution >= 0.6 is 0 Å². The maximum absolute atomic E-state index is 10.4. The van der Waals surface area contributed by atoms with Gasteiger partial charge in [-0.1, -0.05) is 25.7 Å². The number of nitrogens with one attached hydrogen (secondary N) is 1. The van der Waals surface area contributed by atoms with Gasteiger partial charge in [0.25, 0.3) is 0 Å². The fourth-order valence-corrected chi connectivity index (χ4v) is 3.07. The van der Waals surface area contributed by atoms with Crippen molar-refractivity contribution in [3.05, 3.63) is 0 Å². The minimum absolute atomic E-state index is 0.308. The first kappa shape index (κ1) is 11.4. The predicted octanol–water partition coefficient (Wildman–Crippen LogP) is 2.60. The molecule has 2 rings (SSSR count). The molecule has 1 saturated carbocycles. The summed E-state index contributed by atoms with van der Waals surface area (Å²) in [5.41, 5.74) is -0.308. The van der Waals surface area contributed by atoms with Crippen LogP contribution in [0, 0.1) is 0 Å². The molecule has 2 N–H and O–H groups in total. The van der Waals surface area contributed by atoms with Gasteiger partial charge < -0.3 is 10.4 Å². The molecule has 15 heavy (non-hydrogen) atoms. The zero-order valence-corrected chi connectivity index (χ0v) is 9.80. The molecule has 0 amide bonds. The minimum atomic E-state index is -0.308. The smallest absolute Gasteiger partial charge is 0.0648 e. The molecule has 0 aromatic carbocycles. The summed E-state index contributed by atoms with van der Waals surface area (Å²) in [4.78, 5) is 0. The summed E-state index contributed by atoms with van der Waals surface area (Å²) < 4.78 is 0. The van der Waals surface area contributed by atoms with Gasteiger partial charge in [0.2, 0.25) is 0 Å². The Morgan fingerprint density at radius 3 is 2.53 bits per heavy atom. The molecule has 1 aliphatic heterocycles. The third kappa shape index (κ3) is 3.46. The Morgan fingerprint density at radius 2 is 1.87 bits per heavy atom. The van der Waals surface area contributed by atoms with E-state index in [1.165, 1.54) is 51.5 Å². The first-order chi connectivity index (χ1) is 7.29. The third-order valence-electron chi connectivity index (χ3n) is 4.15. The summed E-state index contributed by atoms with van der Waals surface area (Å²) in [6.45, 7) is 1.18. The van der Waals surface area contributed by atoms with Crippen LogP contribution in [-0.4, -0.2) is 23.3 Å². The Morgan fingerprint density at radius 1 is 1.07 bits per heavy atom. The Labute approximate surface area is 93.5 Å². The fourth-order valence-electron chi connectivity index (χ4n) is 3.07. The lowest BCUT2D eigenvalue weighted by Crippen LogP contribution is -2.38. The molecule has 0 spiro atoms. The van der Waals surface area contributed by atoms with Crippen molar-refractivity contribution in [1.82, 2.24) is 5.32 Å². The average Bonchev–Trinajstić information content (AvgIpc) is 2.29. The van der Waals surface area contributed by atoms with Crippen LogP contribution in [-0.2, 0) is 0 Å². The van der Waals surface area contributed by atoms with Gasteiger partial charge in [-0.2, -0.15) is 0 Å². The molecule has 1 atom stereocenters. The first-order valence-corrected chi connectivity index (χ1v) is 6.74. The molecule has 0 radical (unpaired) electrons. The van der Waals surface area contributed by atoms with Crippen LogP contribution < -0.4 is 5.32 Å². The van der Waals surface area contributed by atoms with Gasteiger partial charge in [0.05, 0.1) is 5.60 Å². The number of aliphatic hydroxyl groups is 1. The van der Waals surface area contributed by atoms with E-state index in [0.717, 1.165) is 19.3 Å². The van der Waals surface area contributed by atoms with Gasteiger partial charge in [0, 0.05) is 6.04 Å². The second kappa shape index (κ2) is 5.31. The maximum Gasteiger partial charge on any atom is 0.0648 e. The van der Waals surface area contributed by atoms with Gasteiger partial charge in [-0.15, -0.1) is 0 Å². The zero-order valence-electron chi connectivity index (χ0n) is 9.80. The summed E-state index contributed by atoms with van der Waals surface area (Å²) in [5.74, 6) is 0. The molecule has 2 heteroatoms. The van der Waals surface area contributed by atoms with E-state index in [1.54, 1.807) is 0 Å². The van der Waals surface area contributed by atoms with E-state index in [9.17, 15) is 5.11 Å². The second-order valence-corrected chi connectivity index (χ2v) is 5.47. The molecule has 2 nitrogen and oxygen atoms in total. The van der Waals surface area contributed by atoms with E-state index >= 15 is 0 Å². The monoisotopic (exact) mass is 211 g/mol. The highest BCUT2D eigenvalue weighted by molar-refractivity contribution is 4.84. The number of piperidine rings is 1. The number of hydrogen-bond acceptors (Lipinski definition) is 2. The largest absolute Gasteiger partial charge is 0.390 e. The van der Waals surface area contributed by atoms with E-state index in [4.69, 9.17) is 0 Å². The van der Waals surface area contributed by atoms with Crippen molar-refractivity contribution in [3.63, 3.8) is 0 Å². The number of rotatable bonds is 3. The SMILES string of the molecule is OC1(CCC2CCCCN2)CCCCC1. The molecule has 0 aromatic rings. The van der Waals surface area contributed by atoms with E-state index < -0.39 is 0 Å². The molecule has 1 heterocycles. The lowest BCUT2D eigenvalue weighted by molar-refractivity contribution is -0.00810. The van der Waals surface area contributed by atoms with Crippen molar-refractivity contribution in [2.45, 2.75) is 75.9 Å². The molecular weight excluding hydrogens is 186 g/mol. The maximum atomic E-state index is 10.4. The van der Waals surface area contributed by atoms with Crippen molar-refractivity contribution in [2.24, 2.45) is 0 Å². The Balaban J connectivity index is 1.70. The van der Waals surface area contributed by atoms with E-state index in [-0.39, 0.29) is 5.60 Å². The van der Waals surface area contributed by atoms with Gasteiger partial charge in [0.15, 0.2) is 0 Å². The average molecular weight is 211 g/mol. The summed E-state index contributed by atoms with van der Waals surface area (Å²) in [6.07, 6.45) is 12.1. The molecule has 0 aromatic heterocycles. The summed E-state index contributed by atoms with van der Waals surface area (Å²) in [6, 6.07) is 0.685. The normalized spacial score (nSPS) is 31.4. The van der Waals surface area contributed by atoms with Crippen molar-refractivity contribution < 1.29 is 5.11 Å². The summed E-state index contributed by atoms with van der Waals surface area (Å²) >= 11 is 0. The lowest BCUT2D eigenvalue weighted by atomic mass is 9.80. The van der Waals surface area contributed by atoms with E-state index in [1.807, 2.05) is 0 Å². The van der Waals surface area contributed by atoms with Crippen LogP contribution in [0.15, 0.2) is 0 Å². The standard InChI is InChI=1S/C13H25NO/c15-13(8-3-1-4-9-13)10-7-12-6-2-5-11-14-12/h12,14-15H,1-11H2. The summed E-state index contributed by atoms with van der Waals surface area (Å²) in [5, 5.41) is 13.9. The molecule has 1 saturated heterocycles. The van der Waals surface area contributed by atoms with Crippen molar-refractivity contribution in [1.29, 1.82) is 0 Å². The molecular formula is C13H25NO. The minimum Gasteiger partial charge on any atom is -0.390 e. The highest BCUT2D eigenvalue weighted by Crippen LogP contribution is 2.32. The van der Waals surface area contributed by atoms with E-state index in [2.05, 4.69) is 5.32 Å². The molecule has 1 aliphatic carbocycles. The van der Waals surface area contributed by atoms with Crippen LogP contribution in [0.3, 0.4) is 0 Å². The topological polar surface area (TPSA) is 32.3 Å². The van der Waals surface area contributed by atoms with Crippen molar-refractivity contribution >= 4 is 0 Å². The molecule has 1 unspecified atom stereocenters. The Hall–Kier alpha value is -0.0800. The van der Waals surface area contributed by atoms with Gasteiger partial charge in [-0.25, -0.2) is 0 Å². The van der Waals surface area contributed by atoms with Crippen molar-refractivity contribution in [2.75, 3.05) is 6.54 Å². The first-order valence-electron chi connectivity index (χ1n) is 6.74. The van der Waals surface area contributed by atoms with Gasteiger partial charge in [-0.3, -0.25) is 0 Å². The Kier molecular flexibility index (Phi) is 4.04. The highest BCUT2D eigenvalue weighted by Gasteiger charge is 2.29. The van der Waals surface area contributed by atoms with Gasteiger partial charge >= 0.3 is 0 Å². The quantitative estimate of drug-likeness (QED) is 0.752. The number of hydrogen-bond donors (Lipinski definition) is 2. The molecule has 2 fully saturated rings. The third-order valence-corrected chi connectivity index (χ3v) is 4.15. The van der Waals surface area contributed by atoms with Crippen molar-refractivity contribution in [3.8, 4) is 0 Å². The summed E-state index contributed by atoms with van der Waals surface area (Å²) in [7, 11) is 0. The lowest BCUT2D eigenvalue weighted by Gasteiger charge is -2.34. The zero-order chi connectivity index (χ0) is 10.6. The highest BCUT2D eigenvalue weighted by atomic mass is 16.3.